The van der Waals surface area contributed by atoms with Crippen molar-refractivity contribution in [3.8, 4) is 5.75 Å². The molecule has 2 aromatic rings. The van der Waals surface area contributed by atoms with Gasteiger partial charge in [-0.25, -0.2) is 0 Å². The number of rotatable bonds is 1. The number of hydrogen-bond donors (Lipinski definition) is 2. The van der Waals surface area contributed by atoms with Crippen LogP contribution in [0.15, 0.2) is 48.6 Å². The van der Waals surface area contributed by atoms with Crippen molar-refractivity contribution in [2.24, 2.45) is 11.8 Å². The number of carbonyl (C=O) groups is 1. The Labute approximate surface area is 241 Å². The molecule has 0 radical (unpaired) electrons. The number of ether oxygens (including phenoxy) is 1. The minimum absolute atomic E-state index is 0.0580. The fourth-order valence-electron chi connectivity index (χ4n) is 7.01. The van der Waals surface area contributed by atoms with Gasteiger partial charge in [0.1, 0.15) is 5.75 Å². The zero-order valence-corrected chi connectivity index (χ0v) is 24.3. The number of aryl methyl sites for hydroxylation is 1. The van der Waals surface area contributed by atoms with Crippen LogP contribution in [0.2, 0.25) is 5.02 Å². The molecule has 1 saturated carbocycles. The van der Waals surface area contributed by atoms with Gasteiger partial charge in [0.05, 0.1) is 18.4 Å². The molecule has 1 fully saturated rings. The van der Waals surface area contributed by atoms with Crippen molar-refractivity contribution in [3.05, 3.63) is 70.3 Å². The van der Waals surface area contributed by atoms with Crippen molar-refractivity contribution in [3.63, 3.8) is 0 Å². The summed E-state index contributed by atoms with van der Waals surface area (Å²) in [5.41, 5.74) is 4.16. The van der Waals surface area contributed by atoms with Gasteiger partial charge < -0.3 is 14.7 Å². The number of aliphatic hydroxyl groups excluding tert-OH is 1. The molecule has 0 unspecified atom stereocenters. The molecule has 2 heterocycles. The minimum atomic E-state index is -0.412. The predicted octanol–water partition coefficient (Wildman–Crippen LogP) is 6.71. The molecule has 1 amide bonds. The van der Waals surface area contributed by atoms with E-state index >= 15 is 0 Å². The summed E-state index contributed by atoms with van der Waals surface area (Å²) in [6.07, 6.45) is 11.9. The SMILES string of the molecule is CC[C@@H]1CC/C=C/[C@H](O)[C@@H]2CC[C@H]2CN2C[C@@]3(CCCc4cc(Cl)ccc43)COc3ccc(cc32)C(=O)NS1. The van der Waals surface area contributed by atoms with E-state index in [-0.39, 0.29) is 17.2 Å². The first-order valence-electron chi connectivity index (χ1n) is 14.6. The van der Waals surface area contributed by atoms with Crippen LogP contribution in [-0.4, -0.2) is 42.1 Å². The average Bonchev–Trinajstić information content (AvgIpc) is 3.07. The van der Waals surface area contributed by atoms with Gasteiger partial charge in [0.15, 0.2) is 0 Å². The lowest BCUT2D eigenvalue weighted by atomic mass is 9.68. The molecule has 2 N–H and O–H groups in total. The highest BCUT2D eigenvalue weighted by Crippen LogP contribution is 2.46. The number of nitrogens with one attached hydrogen (secondary N) is 1. The number of anilines is 1. The fourth-order valence-corrected chi connectivity index (χ4v) is 8.02. The molecule has 2 aliphatic heterocycles. The Morgan fingerprint density at radius 1 is 1.21 bits per heavy atom. The van der Waals surface area contributed by atoms with Crippen LogP contribution in [-0.2, 0) is 11.8 Å². The van der Waals surface area contributed by atoms with Gasteiger partial charge in [0.2, 0.25) is 0 Å². The monoisotopic (exact) mass is 566 g/mol. The van der Waals surface area contributed by atoms with Gasteiger partial charge in [0.25, 0.3) is 5.91 Å². The van der Waals surface area contributed by atoms with Crippen molar-refractivity contribution in [1.82, 2.24) is 4.72 Å². The number of allylic oxidation sites excluding steroid dienone is 1. The third-order valence-electron chi connectivity index (χ3n) is 9.43. The molecule has 2 aliphatic carbocycles. The van der Waals surface area contributed by atoms with Crippen molar-refractivity contribution >= 4 is 35.1 Å². The summed E-state index contributed by atoms with van der Waals surface area (Å²) in [5.74, 6) is 1.43. The Morgan fingerprint density at radius 3 is 2.92 bits per heavy atom. The standard InChI is InChI=1S/C32H39ClN2O3S/c1-2-25-7-3-4-8-29(36)26-12-9-23(26)18-35-19-32(15-5-6-21-16-24(33)11-13-27(21)32)20-38-30-14-10-22(17-28(30)35)31(37)34-39-25/h4,8,10-11,13-14,16-17,23,25-26,29,36H,2-3,5-7,9,12,15,18-20H2,1H3,(H,34,37)/b8-4+/t23-,25+,26+,29-,32-/m0/s1. The zero-order valence-electron chi connectivity index (χ0n) is 22.7. The molecule has 4 aliphatic rings. The summed E-state index contributed by atoms with van der Waals surface area (Å²) < 4.78 is 9.70. The first kappa shape index (κ1) is 27.0. The first-order valence-corrected chi connectivity index (χ1v) is 15.8. The highest BCUT2D eigenvalue weighted by Gasteiger charge is 2.44. The molecule has 39 heavy (non-hydrogen) atoms. The van der Waals surface area contributed by atoms with Gasteiger partial charge in [-0.1, -0.05) is 36.7 Å². The summed E-state index contributed by atoms with van der Waals surface area (Å²) in [4.78, 5) is 15.7. The smallest absolute Gasteiger partial charge is 0.261 e. The van der Waals surface area contributed by atoms with E-state index in [1.165, 1.54) is 23.1 Å². The van der Waals surface area contributed by atoms with Crippen molar-refractivity contribution in [2.45, 2.75) is 75.1 Å². The van der Waals surface area contributed by atoms with E-state index < -0.39 is 6.10 Å². The average molecular weight is 567 g/mol. The van der Waals surface area contributed by atoms with Crippen LogP contribution in [0.3, 0.4) is 0 Å². The van der Waals surface area contributed by atoms with E-state index in [1.54, 1.807) is 0 Å². The van der Waals surface area contributed by atoms with Gasteiger partial charge in [-0.2, -0.15) is 0 Å². The summed E-state index contributed by atoms with van der Waals surface area (Å²) in [6.45, 7) is 4.42. The third kappa shape index (κ3) is 5.45. The molecule has 2 bridgehead atoms. The maximum atomic E-state index is 13.3. The van der Waals surface area contributed by atoms with Gasteiger partial charge in [0, 0.05) is 34.3 Å². The molecule has 1 spiro atoms. The van der Waals surface area contributed by atoms with Crippen LogP contribution in [0, 0.1) is 11.8 Å². The lowest BCUT2D eigenvalue weighted by molar-refractivity contribution is 0.0456. The highest BCUT2D eigenvalue weighted by atomic mass is 35.5. The molecule has 6 rings (SSSR count). The summed E-state index contributed by atoms with van der Waals surface area (Å²) in [7, 11) is 0. The first-order chi connectivity index (χ1) is 19.0. The zero-order chi connectivity index (χ0) is 27.0. The molecule has 7 heteroatoms. The highest BCUT2D eigenvalue weighted by molar-refractivity contribution is 7.98. The van der Waals surface area contributed by atoms with Crippen molar-refractivity contribution < 1.29 is 14.6 Å². The molecule has 208 valence electrons. The van der Waals surface area contributed by atoms with E-state index in [1.807, 2.05) is 30.3 Å². The number of nitrogens with zero attached hydrogens (tertiary/aromatic N) is 1. The van der Waals surface area contributed by atoms with E-state index in [0.717, 1.165) is 80.9 Å². The second-order valence-electron chi connectivity index (χ2n) is 11.9. The van der Waals surface area contributed by atoms with Crippen LogP contribution in [0.4, 0.5) is 5.69 Å². The third-order valence-corrected chi connectivity index (χ3v) is 10.9. The number of benzene rings is 2. The van der Waals surface area contributed by atoms with Crippen molar-refractivity contribution in [1.29, 1.82) is 0 Å². The second-order valence-corrected chi connectivity index (χ2v) is 13.4. The Hall–Kier alpha value is -2.15. The molecule has 0 saturated heterocycles. The Balaban J connectivity index is 1.39. The van der Waals surface area contributed by atoms with Gasteiger partial charge >= 0.3 is 0 Å². The minimum Gasteiger partial charge on any atom is -0.490 e. The fraction of sp³-hybridized carbons (Fsp3) is 0.531. The van der Waals surface area contributed by atoms with Crippen LogP contribution in [0.1, 0.15) is 73.4 Å². The maximum Gasteiger partial charge on any atom is 0.261 e. The number of carbonyl (C=O) groups excluding carboxylic acids is 1. The number of halogens is 1. The summed E-state index contributed by atoms with van der Waals surface area (Å²) in [6, 6.07) is 12.2. The Kier molecular flexibility index (Phi) is 7.89. The number of amides is 1. The molecule has 5 nitrogen and oxygen atoms in total. The molecule has 2 aromatic carbocycles. The van der Waals surface area contributed by atoms with Gasteiger partial charge in [-0.3, -0.25) is 9.52 Å². The lowest BCUT2D eigenvalue weighted by Crippen LogP contribution is -2.49. The number of hydrogen-bond acceptors (Lipinski definition) is 5. The number of aliphatic hydroxyl groups is 1. The largest absolute Gasteiger partial charge is 0.490 e. The Morgan fingerprint density at radius 2 is 2.10 bits per heavy atom. The Bertz CT molecular complexity index is 1250. The molecule has 0 aromatic heterocycles. The normalized spacial score (nSPS) is 31.7. The van der Waals surface area contributed by atoms with Crippen LogP contribution < -0.4 is 14.4 Å². The van der Waals surface area contributed by atoms with E-state index in [2.05, 4.69) is 34.8 Å². The van der Waals surface area contributed by atoms with E-state index in [4.69, 9.17) is 16.3 Å². The van der Waals surface area contributed by atoms with Gasteiger partial charge in [-0.05, 0) is 117 Å². The maximum absolute atomic E-state index is 13.3. The van der Waals surface area contributed by atoms with Crippen molar-refractivity contribution in [2.75, 3.05) is 24.6 Å². The summed E-state index contributed by atoms with van der Waals surface area (Å²) >= 11 is 7.92. The second kappa shape index (κ2) is 11.4. The van der Waals surface area contributed by atoms with E-state index in [0.29, 0.717) is 23.3 Å². The molecular formula is C32H39ClN2O3S. The van der Waals surface area contributed by atoms with Crippen LogP contribution >= 0.6 is 23.5 Å². The van der Waals surface area contributed by atoms with Crippen LogP contribution in [0.5, 0.6) is 5.75 Å². The summed E-state index contributed by atoms with van der Waals surface area (Å²) in [5, 5.41) is 12.2. The molecular weight excluding hydrogens is 528 g/mol. The van der Waals surface area contributed by atoms with Crippen LogP contribution in [0.25, 0.3) is 0 Å². The quantitative estimate of drug-likeness (QED) is 0.297. The number of fused-ring (bicyclic) bond motifs is 4. The predicted molar refractivity (Wildman–Crippen MR) is 160 cm³/mol. The van der Waals surface area contributed by atoms with E-state index in [9.17, 15) is 9.90 Å². The topological polar surface area (TPSA) is 61.8 Å². The molecule has 5 atom stereocenters. The van der Waals surface area contributed by atoms with Gasteiger partial charge in [-0.15, -0.1) is 0 Å². The lowest BCUT2D eigenvalue weighted by Gasteiger charge is -2.45.